The SMILES string of the molecule is CC(C)(C)COc1ccc(C(C)(C)C)nc1. The van der Waals surface area contributed by atoms with Gasteiger partial charge in [-0.2, -0.15) is 0 Å². The predicted octanol–water partition coefficient (Wildman–Crippen LogP) is 3.80. The van der Waals surface area contributed by atoms with Gasteiger partial charge in [-0.15, -0.1) is 0 Å². The van der Waals surface area contributed by atoms with Crippen LogP contribution >= 0.6 is 0 Å². The number of hydrogen-bond donors (Lipinski definition) is 0. The van der Waals surface area contributed by atoms with Crippen molar-refractivity contribution in [2.24, 2.45) is 5.41 Å². The summed E-state index contributed by atoms with van der Waals surface area (Å²) in [6.45, 7) is 13.7. The Morgan fingerprint density at radius 3 is 2.06 bits per heavy atom. The van der Waals surface area contributed by atoms with Crippen molar-refractivity contribution in [1.29, 1.82) is 0 Å². The number of ether oxygens (including phenoxy) is 1. The second-order valence-electron chi connectivity index (χ2n) is 6.48. The van der Waals surface area contributed by atoms with Crippen LogP contribution in [0.3, 0.4) is 0 Å². The van der Waals surface area contributed by atoms with Gasteiger partial charge in [-0.3, -0.25) is 4.98 Å². The van der Waals surface area contributed by atoms with Crippen molar-refractivity contribution >= 4 is 0 Å². The van der Waals surface area contributed by atoms with Gasteiger partial charge in [0.05, 0.1) is 12.8 Å². The highest BCUT2D eigenvalue weighted by atomic mass is 16.5. The van der Waals surface area contributed by atoms with Crippen molar-refractivity contribution in [3.63, 3.8) is 0 Å². The van der Waals surface area contributed by atoms with Gasteiger partial charge in [0.1, 0.15) is 5.75 Å². The van der Waals surface area contributed by atoms with Gasteiger partial charge in [0.25, 0.3) is 0 Å². The normalized spacial score (nSPS) is 12.6. The van der Waals surface area contributed by atoms with E-state index in [1.54, 1.807) is 0 Å². The highest BCUT2D eigenvalue weighted by Crippen LogP contribution is 2.22. The maximum Gasteiger partial charge on any atom is 0.137 e. The van der Waals surface area contributed by atoms with E-state index in [4.69, 9.17) is 4.74 Å². The summed E-state index contributed by atoms with van der Waals surface area (Å²) < 4.78 is 5.68. The fourth-order valence-corrected chi connectivity index (χ4v) is 1.21. The first-order valence-corrected chi connectivity index (χ1v) is 5.78. The highest BCUT2D eigenvalue weighted by molar-refractivity contribution is 5.23. The smallest absolute Gasteiger partial charge is 0.137 e. The first-order valence-electron chi connectivity index (χ1n) is 5.78. The molecule has 2 nitrogen and oxygen atoms in total. The minimum atomic E-state index is 0.0998. The summed E-state index contributed by atoms with van der Waals surface area (Å²) in [5.74, 6) is 0.850. The Bertz CT molecular complexity index is 327. The molecular weight excluding hydrogens is 198 g/mol. The Hall–Kier alpha value is -1.05. The summed E-state index contributed by atoms with van der Waals surface area (Å²) in [6.07, 6.45) is 1.81. The molecule has 0 unspecified atom stereocenters. The highest BCUT2D eigenvalue weighted by Gasteiger charge is 2.15. The lowest BCUT2D eigenvalue weighted by Crippen LogP contribution is -2.17. The molecule has 0 saturated heterocycles. The van der Waals surface area contributed by atoms with E-state index in [1.807, 2.05) is 18.3 Å². The minimum Gasteiger partial charge on any atom is -0.491 e. The molecule has 0 spiro atoms. The summed E-state index contributed by atoms with van der Waals surface area (Å²) in [5, 5.41) is 0. The average Bonchev–Trinajstić information content (AvgIpc) is 2.13. The molecule has 1 aromatic heterocycles. The molecule has 0 fully saturated rings. The van der Waals surface area contributed by atoms with Crippen LogP contribution in [0.25, 0.3) is 0 Å². The van der Waals surface area contributed by atoms with Crippen molar-refractivity contribution in [1.82, 2.24) is 4.98 Å². The fraction of sp³-hybridized carbons (Fsp3) is 0.643. The molecule has 0 bridgehead atoms. The van der Waals surface area contributed by atoms with Gasteiger partial charge in [0.2, 0.25) is 0 Å². The molecular formula is C14H23NO. The zero-order valence-corrected chi connectivity index (χ0v) is 11.3. The summed E-state index contributed by atoms with van der Waals surface area (Å²) >= 11 is 0. The summed E-state index contributed by atoms with van der Waals surface area (Å²) in [6, 6.07) is 4.04. The molecule has 2 heteroatoms. The van der Waals surface area contributed by atoms with Crippen molar-refractivity contribution in [3.8, 4) is 5.75 Å². The average molecular weight is 221 g/mol. The Balaban J connectivity index is 2.66. The van der Waals surface area contributed by atoms with Crippen molar-refractivity contribution in [2.45, 2.75) is 47.0 Å². The van der Waals surface area contributed by atoms with E-state index in [-0.39, 0.29) is 10.8 Å². The molecule has 1 rings (SSSR count). The lowest BCUT2D eigenvalue weighted by atomic mass is 9.92. The van der Waals surface area contributed by atoms with Gasteiger partial charge in [-0.05, 0) is 17.5 Å². The Kier molecular flexibility index (Phi) is 3.61. The molecule has 0 aliphatic carbocycles. The molecule has 0 atom stereocenters. The van der Waals surface area contributed by atoms with E-state index in [0.29, 0.717) is 6.61 Å². The van der Waals surface area contributed by atoms with Crippen molar-refractivity contribution < 1.29 is 4.74 Å². The number of rotatable bonds is 2. The van der Waals surface area contributed by atoms with Crippen LogP contribution in [0.15, 0.2) is 18.3 Å². The molecule has 0 aromatic carbocycles. The third-order valence-electron chi connectivity index (χ3n) is 2.18. The van der Waals surface area contributed by atoms with Gasteiger partial charge in [-0.25, -0.2) is 0 Å². The molecule has 1 heterocycles. The third-order valence-corrected chi connectivity index (χ3v) is 2.18. The number of pyridine rings is 1. The fourth-order valence-electron chi connectivity index (χ4n) is 1.21. The van der Waals surface area contributed by atoms with E-state index in [1.165, 1.54) is 0 Å². The van der Waals surface area contributed by atoms with E-state index in [9.17, 15) is 0 Å². The second-order valence-corrected chi connectivity index (χ2v) is 6.48. The molecule has 1 aromatic rings. The second kappa shape index (κ2) is 4.44. The Labute approximate surface area is 99.0 Å². The van der Waals surface area contributed by atoms with E-state index in [2.05, 4.69) is 46.5 Å². The van der Waals surface area contributed by atoms with Crippen molar-refractivity contribution in [3.05, 3.63) is 24.0 Å². The van der Waals surface area contributed by atoms with Crippen LogP contribution in [0.4, 0.5) is 0 Å². The van der Waals surface area contributed by atoms with Crippen LogP contribution in [0.2, 0.25) is 0 Å². The van der Waals surface area contributed by atoms with Crippen LogP contribution < -0.4 is 4.74 Å². The van der Waals surface area contributed by atoms with Crippen LogP contribution in [-0.4, -0.2) is 11.6 Å². The third kappa shape index (κ3) is 4.21. The van der Waals surface area contributed by atoms with Gasteiger partial charge >= 0.3 is 0 Å². The van der Waals surface area contributed by atoms with Crippen LogP contribution in [0.1, 0.15) is 47.2 Å². The quantitative estimate of drug-likeness (QED) is 0.757. The maximum absolute atomic E-state index is 5.68. The van der Waals surface area contributed by atoms with E-state index >= 15 is 0 Å². The molecule has 90 valence electrons. The maximum atomic E-state index is 5.68. The zero-order chi connectivity index (χ0) is 12.4. The van der Waals surface area contributed by atoms with Crippen LogP contribution in [-0.2, 0) is 5.41 Å². The lowest BCUT2D eigenvalue weighted by Gasteiger charge is -2.20. The molecule has 16 heavy (non-hydrogen) atoms. The molecule has 0 amide bonds. The molecule has 0 saturated carbocycles. The molecule has 0 aliphatic rings. The van der Waals surface area contributed by atoms with Gasteiger partial charge < -0.3 is 4.74 Å². The largest absolute Gasteiger partial charge is 0.491 e. The van der Waals surface area contributed by atoms with Crippen LogP contribution in [0, 0.1) is 5.41 Å². The van der Waals surface area contributed by atoms with E-state index in [0.717, 1.165) is 11.4 Å². The standard InChI is InChI=1S/C14H23NO/c1-13(2,3)10-16-11-7-8-12(15-9-11)14(4,5)6/h7-9H,10H2,1-6H3. The topological polar surface area (TPSA) is 22.1 Å². The summed E-state index contributed by atoms with van der Waals surface area (Å²) in [5.41, 5.74) is 1.38. The van der Waals surface area contributed by atoms with Gasteiger partial charge in [-0.1, -0.05) is 41.5 Å². The molecule has 0 aliphatic heterocycles. The van der Waals surface area contributed by atoms with Gasteiger partial charge in [0.15, 0.2) is 0 Å². The summed E-state index contributed by atoms with van der Waals surface area (Å²) in [4.78, 5) is 4.43. The number of hydrogen-bond acceptors (Lipinski definition) is 2. The number of nitrogens with zero attached hydrogens (tertiary/aromatic N) is 1. The van der Waals surface area contributed by atoms with Crippen LogP contribution in [0.5, 0.6) is 5.75 Å². The predicted molar refractivity (Wildman–Crippen MR) is 67.9 cm³/mol. The first kappa shape index (κ1) is 13.0. The Morgan fingerprint density at radius 2 is 1.69 bits per heavy atom. The van der Waals surface area contributed by atoms with Crippen molar-refractivity contribution in [2.75, 3.05) is 6.61 Å². The molecule has 0 radical (unpaired) electrons. The minimum absolute atomic E-state index is 0.0998. The van der Waals surface area contributed by atoms with Gasteiger partial charge in [0, 0.05) is 11.1 Å². The lowest BCUT2D eigenvalue weighted by molar-refractivity contribution is 0.197. The summed E-state index contributed by atoms with van der Waals surface area (Å²) in [7, 11) is 0. The van der Waals surface area contributed by atoms with E-state index < -0.39 is 0 Å². The number of aromatic nitrogens is 1. The first-order chi connectivity index (χ1) is 7.18. The zero-order valence-electron chi connectivity index (χ0n) is 11.3. The molecule has 0 N–H and O–H groups in total. The Morgan fingerprint density at radius 1 is 1.06 bits per heavy atom. The monoisotopic (exact) mass is 221 g/mol.